The number of oxazole rings is 1. The van der Waals surface area contributed by atoms with Crippen molar-refractivity contribution >= 4 is 37.8 Å². The van der Waals surface area contributed by atoms with Gasteiger partial charge in [-0.05, 0) is 43.7 Å². The van der Waals surface area contributed by atoms with E-state index in [0.717, 1.165) is 62.3 Å². The predicted molar refractivity (Wildman–Crippen MR) is 126 cm³/mol. The van der Waals surface area contributed by atoms with Gasteiger partial charge < -0.3 is 19.3 Å². The second kappa shape index (κ2) is 9.00. The number of hydrogen-bond donors (Lipinski definition) is 3. The molecule has 0 unspecified atom stereocenters. The number of piperazine rings is 1. The molecule has 5 rings (SSSR count). The normalized spacial score (nSPS) is 15.6. The van der Waals surface area contributed by atoms with Crippen LogP contribution in [0.2, 0.25) is 0 Å². The quantitative estimate of drug-likeness (QED) is 0.336. The highest BCUT2D eigenvalue weighted by molar-refractivity contribution is 7.89. The Hall–Kier alpha value is -3.15. The Bertz CT molecular complexity index is 1420. The highest BCUT2D eigenvalue weighted by Gasteiger charge is 2.20. The largest absolute Gasteiger partial charge is 0.443 e. The van der Waals surface area contributed by atoms with E-state index in [2.05, 4.69) is 29.5 Å². The molecule has 0 radical (unpaired) electrons. The van der Waals surface area contributed by atoms with E-state index in [4.69, 9.17) is 4.42 Å². The summed E-state index contributed by atoms with van der Waals surface area (Å²) in [6, 6.07) is 10.8. The van der Waals surface area contributed by atoms with Gasteiger partial charge >= 0.3 is 5.69 Å². The van der Waals surface area contributed by atoms with E-state index < -0.39 is 10.0 Å². The topological polar surface area (TPSA) is 127 Å². The smallest absolute Gasteiger partial charge is 0.323 e. The van der Waals surface area contributed by atoms with Gasteiger partial charge in [0.2, 0.25) is 10.0 Å². The number of rotatable bonds is 8. The second-order valence-electron chi connectivity index (χ2n) is 8.17. The number of aromatic nitrogens is 3. The Morgan fingerprint density at radius 3 is 2.70 bits per heavy atom. The SMILES string of the molecule is O=c1[nH]c2cccc(N3CCN(CCCCNS(=O)(=O)c4cccc5ocnc45)CC3)c2[nH]1. The first-order valence-corrected chi connectivity index (χ1v) is 12.5. The van der Waals surface area contributed by atoms with Gasteiger partial charge in [0.15, 0.2) is 12.0 Å². The van der Waals surface area contributed by atoms with Crippen molar-refractivity contribution in [3.05, 3.63) is 53.3 Å². The summed E-state index contributed by atoms with van der Waals surface area (Å²) < 4.78 is 33.1. The van der Waals surface area contributed by atoms with Crippen LogP contribution < -0.4 is 15.3 Å². The highest BCUT2D eigenvalue weighted by atomic mass is 32.2. The van der Waals surface area contributed by atoms with Gasteiger partial charge in [-0.1, -0.05) is 12.1 Å². The van der Waals surface area contributed by atoms with Gasteiger partial charge in [0.1, 0.15) is 10.4 Å². The molecule has 0 spiro atoms. The first-order chi connectivity index (χ1) is 16.0. The molecule has 1 aliphatic heterocycles. The van der Waals surface area contributed by atoms with Gasteiger partial charge in [-0.3, -0.25) is 4.90 Å². The Labute approximate surface area is 190 Å². The molecule has 1 fully saturated rings. The Kier molecular flexibility index (Phi) is 5.92. The summed E-state index contributed by atoms with van der Waals surface area (Å²) in [6.45, 7) is 4.89. The molecular weight excluding hydrogens is 444 g/mol. The van der Waals surface area contributed by atoms with Crippen molar-refractivity contribution in [3.63, 3.8) is 0 Å². The van der Waals surface area contributed by atoms with Crippen LogP contribution in [-0.4, -0.2) is 67.5 Å². The number of hydrogen-bond acceptors (Lipinski definition) is 7. The third kappa shape index (κ3) is 4.52. The fourth-order valence-corrected chi connectivity index (χ4v) is 5.57. The van der Waals surface area contributed by atoms with E-state index in [1.807, 2.05) is 18.2 Å². The van der Waals surface area contributed by atoms with Crippen molar-refractivity contribution in [1.29, 1.82) is 0 Å². The van der Waals surface area contributed by atoms with Crippen molar-refractivity contribution in [2.75, 3.05) is 44.2 Å². The number of nitrogens with one attached hydrogen (secondary N) is 3. The third-order valence-corrected chi connectivity index (χ3v) is 7.54. The number of para-hydroxylation sites is 2. The zero-order valence-corrected chi connectivity index (χ0v) is 18.9. The van der Waals surface area contributed by atoms with E-state index in [-0.39, 0.29) is 10.6 Å². The number of benzene rings is 2. The maximum atomic E-state index is 12.6. The summed E-state index contributed by atoms with van der Waals surface area (Å²) in [5.41, 5.74) is 3.33. The summed E-state index contributed by atoms with van der Waals surface area (Å²) in [6.07, 6.45) is 2.90. The predicted octanol–water partition coefficient (Wildman–Crippen LogP) is 1.88. The van der Waals surface area contributed by atoms with Gasteiger partial charge in [-0.25, -0.2) is 22.9 Å². The van der Waals surface area contributed by atoms with Crippen LogP contribution in [0.1, 0.15) is 12.8 Å². The van der Waals surface area contributed by atoms with Crippen LogP contribution in [0.25, 0.3) is 22.1 Å². The van der Waals surface area contributed by atoms with Crippen LogP contribution in [0.4, 0.5) is 5.69 Å². The zero-order chi connectivity index (χ0) is 22.8. The number of sulfonamides is 1. The first-order valence-electron chi connectivity index (χ1n) is 11.0. The molecule has 0 bridgehead atoms. The molecule has 2 aromatic carbocycles. The molecule has 1 aliphatic rings. The summed E-state index contributed by atoms with van der Waals surface area (Å²) in [5, 5.41) is 0. The van der Waals surface area contributed by atoms with E-state index in [1.54, 1.807) is 12.1 Å². The number of nitrogens with zero attached hydrogens (tertiary/aromatic N) is 3. The molecule has 33 heavy (non-hydrogen) atoms. The van der Waals surface area contributed by atoms with E-state index >= 15 is 0 Å². The van der Waals surface area contributed by atoms with Crippen molar-refractivity contribution < 1.29 is 12.8 Å². The van der Waals surface area contributed by atoms with Crippen LogP contribution in [0.5, 0.6) is 0 Å². The molecule has 0 atom stereocenters. The van der Waals surface area contributed by atoms with Crippen LogP contribution >= 0.6 is 0 Å². The first kappa shape index (κ1) is 21.7. The number of unbranched alkanes of at least 4 members (excludes halogenated alkanes) is 1. The molecule has 1 saturated heterocycles. The van der Waals surface area contributed by atoms with Gasteiger partial charge in [-0.15, -0.1) is 0 Å². The molecule has 10 nitrogen and oxygen atoms in total. The van der Waals surface area contributed by atoms with Crippen LogP contribution in [-0.2, 0) is 10.0 Å². The Morgan fingerprint density at radius 2 is 1.85 bits per heavy atom. The van der Waals surface area contributed by atoms with Crippen LogP contribution in [0.15, 0.2) is 56.9 Å². The number of H-pyrrole nitrogens is 2. The fraction of sp³-hybridized carbons (Fsp3) is 0.364. The highest BCUT2D eigenvalue weighted by Crippen LogP contribution is 2.24. The minimum absolute atomic E-state index is 0.142. The van der Waals surface area contributed by atoms with Gasteiger partial charge in [0, 0.05) is 32.7 Å². The monoisotopic (exact) mass is 470 g/mol. The number of anilines is 1. The van der Waals surface area contributed by atoms with Gasteiger partial charge in [0.25, 0.3) is 0 Å². The summed E-state index contributed by atoms with van der Waals surface area (Å²) in [4.78, 5) is 26.2. The van der Waals surface area contributed by atoms with E-state index in [0.29, 0.717) is 17.6 Å². The number of aromatic amines is 2. The average Bonchev–Trinajstić information content (AvgIpc) is 3.44. The van der Waals surface area contributed by atoms with Crippen molar-refractivity contribution in [3.8, 4) is 0 Å². The molecule has 3 heterocycles. The minimum atomic E-state index is -3.64. The maximum Gasteiger partial charge on any atom is 0.323 e. The summed E-state index contributed by atoms with van der Waals surface area (Å²) in [5.74, 6) is 0. The van der Waals surface area contributed by atoms with E-state index in [1.165, 1.54) is 12.5 Å². The molecule has 11 heteroatoms. The lowest BCUT2D eigenvalue weighted by Crippen LogP contribution is -2.46. The molecular formula is C22H26N6O4S. The molecule has 2 aromatic heterocycles. The van der Waals surface area contributed by atoms with Crippen molar-refractivity contribution in [2.24, 2.45) is 0 Å². The van der Waals surface area contributed by atoms with Crippen LogP contribution in [0, 0.1) is 0 Å². The van der Waals surface area contributed by atoms with Crippen molar-refractivity contribution in [2.45, 2.75) is 17.7 Å². The Morgan fingerprint density at radius 1 is 1.03 bits per heavy atom. The maximum absolute atomic E-state index is 12.6. The number of fused-ring (bicyclic) bond motifs is 2. The van der Waals surface area contributed by atoms with Gasteiger partial charge in [0.05, 0.1) is 16.7 Å². The summed E-state index contributed by atoms with van der Waals surface area (Å²) >= 11 is 0. The fourth-order valence-electron chi connectivity index (χ4n) is 4.34. The lowest BCUT2D eigenvalue weighted by atomic mass is 10.2. The van der Waals surface area contributed by atoms with Gasteiger partial charge in [-0.2, -0.15) is 0 Å². The molecule has 3 N–H and O–H groups in total. The molecule has 0 saturated carbocycles. The lowest BCUT2D eigenvalue weighted by Gasteiger charge is -2.36. The summed E-state index contributed by atoms with van der Waals surface area (Å²) in [7, 11) is -3.64. The average molecular weight is 471 g/mol. The third-order valence-electron chi connectivity index (χ3n) is 6.05. The van der Waals surface area contributed by atoms with Crippen LogP contribution in [0.3, 0.4) is 0 Å². The zero-order valence-electron chi connectivity index (χ0n) is 18.1. The van der Waals surface area contributed by atoms with E-state index in [9.17, 15) is 13.2 Å². The second-order valence-corrected chi connectivity index (χ2v) is 9.90. The molecule has 4 aromatic rings. The number of imidazole rings is 1. The minimum Gasteiger partial charge on any atom is -0.443 e. The Balaban J connectivity index is 1.08. The van der Waals surface area contributed by atoms with Crippen molar-refractivity contribution in [1.82, 2.24) is 24.6 Å². The molecule has 0 amide bonds. The molecule has 174 valence electrons. The lowest BCUT2D eigenvalue weighted by molar-refractivity contribution is 0.253. The molecule has 0 aliphatic carbocycles. The standard InChI is InChI=1S/C22H26N6O4S/c29-22-25-16-5-3-6-17(20(16)26-22)28-13-11-27(12-14-28)10-2-1-9-24-33(30,31)19-8-4-7-18-21(19)23-15-32-18/h3-8,15,24H,1-2,9-14H2,(H2,25,26,29).